The number of carbonyl (C=O) groups excluding carboxylic acids is 1. The molecular formula is C13H10ClFOS. The van der Waals surface area contributed by atoms with Crippen LogP contribution in [0, 0.1) is 12.7 Å². The van der Waals surface area contributed by atoms with Gasteiger partial charge in [-0.05, 0) is 35.6 Å². The predicted molar refractivity (Wildman–Crippen MR) is 68.5 cm³/mol. The van der Waals surface area contributed by atoms with E-state index < -0.39 is 5.82 Å². The lowest BCUT2D eigenvalue weighted by Crippen LogP contribution is -2.03. The molecule has 0 aliphatic rings. The van der Waals surface area contributed by atoms with Crippen LogP contribution in [-0.2, 0) is 6.42 Å². The van der Waals surface area contributed by atoms with Crippen molar-refractivity contribution in [2.45, 2.75) is 13.3 Å². The Morgan fingerprint density at radius 2 is 2.18 bits per heavy atom. The summed E-state index contributed by atoms with van der Waals surface area (Å²) in [5.41, 5.74) is 2.44. The van der Waals surface area contributed by atoms with E-state index in [1.165, 1.54) is 23.5 Å². The Hall–Kier alpha value is -1.19. The molecule has 0 bridgehead atoms. The second-order valence-corrected chi connectivity index (χ2v) is 4.97. The highest BCUT2D eigenvalue weighted by atomic mass is 35.5. The van der Waals surface area contributed by atoms with Crippen LogP contribution < -0.4 is 0 Å². The van der Waals surface area contributed by atoms with E-state index in [1.54, 1.807) is 6.07 Å². The summed E-state index contributed by atoms with van der Waals surface area (Å²) in [6, 6.07) is 4.36. The van der Waals surface area contributed by atoms with Gasteiger partial charge in [0.2, 0.25) is 0 Å². The van der Waals surface area contributed by atoms with E-state index in [-0.39, 0.29) is 17.2 Å². The number of hydrogen-bond acceptors (Lipinski definition) is 2. The van der Waals surface area contributed by atoms with E-state index in [4.69, 9.17) is 11.6 Å². The largest absolute Gasteiger partial charge is 0.294 e. The van der Waals surface area contributed by atoms with Crippen molar-refractivity contribution < 1.29 is 9.18 Å². The normalized spacial score (nSPS) is 10.5. The first kappa shape index (κ1) is 12.3. The van der Waals surface area contributed by atoms with E-state index in [2.05, 4.69) is 0 Å². The monoisotopic (exact) mass is 268 g/mol. The van der Waals surface area contributed by atoms with Gasteiger partial charge < -0.3 is 0 Å². The van der Waals surface area contributed by atoms with Crippen molar-refractivity contribution in [2.24, 2.45) is 0 Å². The molecule has 0 unspecified atom stereocenters. The Balaban J connectivity index is 2.19. The molecule has 1 aromatic carbocycles. The Kier molecular flexibility index (Phi) is 3.60. The molecule has 1 aromatic heterocycles. The van der Waals surface area contributed by atoms with Gasteiger partial charge in [0.15, 0.2) is 5.78 Å². The van der Waals surface area contributed by atoms with Gasteiger partial charge in [-0.1, -0.05) is 17.7 Å². The molecule has 0 aliphatic carbocycles. The van der Waals surface area contributed by atoms with Crippen LogP contribution in [0.15, 0.2) is 29.0 Å². The van der Waals surface area contributed by atoms with Crippen molar-refractivity contribution in [3.05, 3.63) is 56.5 Å². The highest BCUT2D eigenvalue weighted by Crippen LogP contribution is 2.19. The van der Waals surface area contributed by atoms with Crippen molar-refractivity contribution in [1.29, 1.82) is 0 Å². The van der Waals surface area contributed by atoms with E-state index in [9.17, 15) is 9.18 Å². The number of hydrogen-bond donors (Lipinski definition) is 0. The minimum Gasteiger partial charge on any atom is -0.294 e. The lowest BCUT2D eigenvalue weighted by Gasteiger charge is -2.02. The number of halogens is 2. The summed E-state index contributed by atoms with van der Waals surface area (Å²) in [5.74, 6) is -0.430. The number of aryl methyl sites for hydroxylation is 1. The highest BCUT2D eigenvalue weighted by Gasteiger charge is 2.11. The van der Waals surface area contributed by atoms with Gasteiger partial charge >= 0.3 is 0 Å². The highest BCUT2D eigenvalue weighted by molar-refractivity contribution is 7.08. The molecule has 2 aromatic rings. The Bertz CT molecular complexity index is 562. The number of thiophene rings is 1. The van der Waals surface area contributed by atoms with Crippen molar-refractivity contribution in [1.82, 2.24) is 0 Å². The molecule has 0 atom stereocenters. The lowest BCUT2D eigenvalue weighted by atomic mass is 10.0. The third kappa shape index (κ3) is 2.73. The van der Waals surface area contributed by atoms with Crippen LogP contribution in [0.5, 0.6) is 0 Å². The molecule has 0 aliphatic heterocycles. The fraction of sp³-hybridized carbons (Fsp3) is 0.154. The maximum Gasteiger partial charge on any atom is 0.168 e. The van der Waals surface area contributed by atoms with Gasteiger partial charge in [-0.3, -0.25) is 4.79 Å². The van der Waals surface area contributed by atoms with Gasteiger partial charge in [0.1, 0.15) is 5.82 Å². The molecule has 1 heterocycles. The van der Waals surface area contributed by atoms with Crippen molar-refractivity contribution in [2.75, 3.05) is 0 Å². The van der Waals surface area contributed by atoms with Crippen molar-refractivity contribution in [3.63, 3.8) is 0 Å². The number of ketones is 1. The summed E-state index contributed by atoms with van der Waals surface area (Å²) < 4.78 is 13.0. The molecular weight excluding hydrogens is 259 g/mol. The molecule has 88 valence electrons. The maximum absolute atomic E-state index is 13.0. The Morgan fingerprint density at radius 3 is 2.76 bits per heavy atom. The van der Waals surface area contributed by atoms with Gasteiger partial charge in [-0.2, -0.15) is 11.3 Å². The van der Waals surface area contributed by atoms with Crippen LogP contribution in [0.2, 0.25) is 5.02 Å². The Labute approximate surface area is 108 Å². The van der Waals surface area contributed by atoms with E-state index >= 15 is 0 Å². The molecule has 0 amide bonds. The van der Waals surface area contributed by atoms with E-state index in [1.807, 2.05) is 17.7 Å². The zero-order valence-electron chi connectivity index (χ0n) is 9.17. The fourth-order valence-corrected chi connectivity index (χ4v) is 2.63. The maximum atomic E-state index is 13.0. The third-order valence-electron chi connectivity index (χ3n) is 2.50. The summed E-state index contributed by atoms with van der Waals surface area (Å²) in [7, 11) is 0. The fourth-order valence-electron chi connectivity index (χ4n) is 1.58. The summed E-state index contributed by atoms with van der Waals surface area (Å²) in [4.78, 5) is 12.0. The lowest BCUT2D eigenvalue weighted by molar-refractivity contribution is 0.0993. The van der Waals surface area contributed by atoms with Gasteiger partial charge in [-0.15, -0.1) is 0 Å². The van der Waals surface area contributed by atoms with Crippen LogP contribution in [0.25, 0.3) is 0 Å². The standard InChI is InChI=1S/C13H10ClFOS/c1-8-6-17-7-10(8)13(16)5-9-2-3-12(15)11(14)4-9/h2-4,6-7H,5H2,1H3. The minimum atomic E-state index is -0.463. The van der Waals surface area contributed by atoms with Crippen LogP contribution >= 0.6 is 22.9 Å². The average Bonchev–Trinajstić information content (AvgIpc) is 2.70. The third-order valence-corrected chi connectivity index (χ3v) is 3.66. The number of carbonyl (C=O) groups is 1. The first-order valence-electron chi connectivity index (χ1n) is 5.08. The average molecular weight is 269 g/mol. The topological polar surface area (TPSA) is 17.1 Å². The van der Waals surface area contributed by atoms with Gasteiger partial charge in [0, 0.05) is 17.4 Å². The molecule has 17 heavy (non-hydrogen) atoms. The van der Waals surface area contributed by atoms with E-state index in [0.29, 0.717) is 0 Å². The summed E-state index contributed by atoms with van der Waals surface area (Å²) in [6.07, 6.45) is 0.248. The summed E-state index contributed by atoms with van der Waals surface area (Å²) in [5, 5.41) is 3.82. The summed E-state index contributed by atoms with van der Waals surface area (Å²) >= 11 is 7.17. The van der Waals surface area contributed by atoms with E-state index in [0.717, 1.165) is 16.7 Å². The van der Waals surface area contributed by atoms with Gasteiger partial charge in [0.25, 0.3) is 0 Å². The second-order valence-electron chi connectivity index (χ2n) is 3.82. The van der Waals surface area contributed by atoms with Crippen LogP contribution in [-0.4, -0.2) is 5.78 Å². The van der Waals surface area contributed by atoms with Crippen molar-refractivity contribution in [3.8, 4) is 0 Å². The smallest absolute Gasteiger partial charge is 0.168 e. The molecule has 4 heteroatoms. The SMILES string of the molecule is Cc1cscc1C(=O)Cc1ccc(F)c(Cl)c1. The van der Waals surface area contributed by atoms with Gasteiger partial charge in [0.05, 0.1) is 5.02 Å². The second kappa shape index (κ2) is 4.98. The van der Waals surface area contributed by atoms with Crippen LogP contribution in [0.1, 0.15) is 21.5 Å². The molecule has 0 saturated heterocycles. The molecule has 1 nitrogen and oxygen atoms in total. The zero-order valence-corrected chi connectivity index (χ0v) is 10.7. The predicted octanol–water partition coefficient (Wildman–Crippen LogP) is 4.27. The molecule has 0 spiro atoms. The number of benzene rings is 1. The number of rotatable bonds is 3. The van der Waals surface area contributed by atoms with Gasteiger partial charge in [-0.25, -0.2) is 4.39 Å². The Morgan fingerprint density at radius 1 is 1.41 bits per heavy atom. The zero-order chi connectivity index (χ0) is 12.4. The molecule has 0 fully saturated rings. The molecule has 2 rings (SSSR count). The molecule has 0 radical (unpaired) electrons. The van der Waals surface area contributed by atoms with Crippen molar-refractivity contribution >= 4 is 28.7 Å². The first-order valence-corrected chi connectivity index (χ1v) is 6.40. The van der Waals surface area contributed by atoms with Crippen LogP contribution in [0.3, 0.4) is 0 Å². The summed E-state index contributed by atoms with van der Waals surface area (Å²) in [6.45, 7) is 1.90. The molecule has 0 saturated carbocycles. The minimum absolute atomic E-state index is 0.0337. The quantitative estimate of drug-likeness (QED) is 0.760. The molecule has 0 N–H and O–H groups in total. The van der Waals surface area contributed by atoms with Crippen LogP contribution in [0.4, 0.5) is 4.39 Å². The first-order chi connectivity index (χ1) is 8.08. The number of Topliss-reactive ketones (excluding diaryl/α,β-unsaturated/α-hetero) is 1.